The molecule has 0 fully saturated rings. The number of aromatic nitrogens is 3. The Balaban J connectivity index is 2.06. The molecule has 0 amide bonds. The molecule has 110 valence electrons. The Kier molecular flexibility index (Phi) is 3.47. The molecular weight excluding hydrogens is 284 g/mol. The van der Waals surface area contributed by atoms with Crippen LogP contribution in [0.15, 0.2) is 40.6 Å². The molecule has 0 aliphatic rings. The van der Waals surface area contributed by atoms with Crippen molar-refractivity contribution in [3.63, 3.8) is 0 Å². The van der Waals surface area contributed by atoms with Crippen LogP contribution in [0.4, 0.5) is 5.69 Å². The number of ether oxygens (including phenoxy) is 1. The van der Waals surface area contributed by atoms with Gasteiger partial charge in [-0.05, 0) is 37.4 Å². The first-order valence-corrected chi connectivity index (χ1v) is 8.37. The molecule has 0 saturated carbocycles. The number of aromatic amines is 1. The van der Waals surface area contributed by atoms with Crippen LogP contribution in [0.2, 0.25) is 0 Å². The highest BCUT2D eigenvalue weighted by Crippen LogP contribution is 2.42. The second-order valence-corrected chi connectivity index (χ2v) is 6.82. The van der Waals surface area contributed by atoms with E-state index in [1.54, 1.807) is 13.3 Å². The summed E-state index contributed by atoms with van der Waals surface area (Å²) in [4.78, 5) is 12.5. The average molecular weight is 302 g/mol. The van der Waals surface area contributed by atoms with Gasteiger partial charge in [-0.15, -0.1) is 0 Å². The summed E-state index contributed by atoms with van der Waals surface area (Å²) in [5.74, 6) is 0.856. The number of thiol groups is 1. The molecule has 21 heavy (non-hydrogen) atoms. The SMILES string of the molecule is COc1ccnc([SH](C)c2nc3cc(N)ccc3[nH]2)c1C. The van der Waals surface area contributed by atoms with Gasteiger partial charge in [-0.1, -0.05) is 0 Å². The summed E-state index contributed by atoms with van der Waals surface area (Å²) >= 11 is 0. The Morgan fingerprint density at radius 1 is 1.29 bits per heavy atom. The van der Waals surface area contributed by atoms with Crippen LogP contribution in [-0.2, 0) is 0 Å². The Morgan fingerprint density at radius 3 is 2.86 bits per heavy atom. The largest absolute Gasteiger partial charge is 0.496 e. The molecule has 0 radical (unpaired) electrons. The van der Waals surface area contributed by atoms with Gasteiger partial charge in [0.2, 0.25) is 0 Å². The molecule has 0 spiro atoms. The predicted molar refractivity (Wildman–Crippen MR) is 87.5 cm³/mol. The number of methoxy groups -OCH3 is 1. The van der Waals surface area contributed by atoms with Crippen LogP contribution in [0.3, 0.4) is 0 Å². The van der Waals surface area contributed by atoms with Gasteiger partial charge in [-0.2, -0.15) is 10.9 Å². The molecule has 6 heteroatoms. The Bertz CT molecular complexity index is 799. The zero-order valence-electron chi connectivity index (χ0n) is 12.2. The van der Waals surface area contributed by atoms with Crippen LogP contribution in [0.25, 0.3) is 11.0 Å². The van der Waals surface area contributed by atoms with E-state index in [2.05, 4.69) is 21.2 Å². The zero-order chi connectivity index (χ0) is 15.0. The van der Waals surface area contributed by atoms with Crippen molar-refractivity contribution in [2.24, 2.45) is 0 Å². The van der Waals surface area contributed by atoms with Gasteiger partial charge in [-0.3, -0.25) is 4.98 Å². The van der Waals surface area contributed by atoms with Crippen LogP contribution >= 0.6 is 10.9 Å². The van der Waals surface area contributed by atoms with E-state index in [1.807, 2.05) is 31.2 Å². The van der Waals surface area contributed by atoms with Crippen molar-refractivity contribution < 1.29 is 4.74 Å². The second kappa shape index (κ2) is 5.29. The number of hydrogen-bond acceptors (Lipinski definition) is 4. The van der Waals surface area contributed by atoms with Gasteiger partial charge in [-0.25, -0.2) is 4.98 Å². The van der Waals surface area contributed by atoms with Gasteiger partial charge in [0.25, 0.3) is 0 Å². The van der Waals surface area contributed by atoms with Gasteiger partial charge in [0.05, 0.1) is 23.2 Å². The Hall–Kier alpha value is -2.21. The summed E-state index contributed by atoms with van der Waals surface area (Å²) in [5.41, 5.74) is 9.47. The number of H-pyrrole nitrogens is 1. The van der Waals surface area contributed by atoms with Crippen molar-refractivity contribution in [3.05, 3.63) is 36.0 Å². The number of anilines is 1. The van der Waals surface area contributed by atoms with Crippen LogP contribution in [0.1, 0.15) is 5.56 Å². The number of nitrogens with two attached hydrogens (primary N) is 1. The zero-order valence-corrected chi connectivity index (χ0v) is 13.1. The minimum atomic E-state index is -0.669. The quantitative estimate of drug-likeness (QED) is 0.513. The number of imidazole rings is 1. The lowest BCUT2D eigenvalue weighted by atomic mass is 10.3. The third kappa shape index (κ3) is 2.42. The Morgan fingerprint density at radius 2 is 2.10 bits per heavy atom. The molecule has 0 aliphatic heterocycles. The summed E-state index contributed by atoms with van der Waals surface area (Å²) in [6.07, 6.45) is 3.92. The smallest absolute Gasteiger partial charge is 0.151 e. The summed E-state index contributed by atoms with van der Waals surface area (Å²) < 4.78 is 5.37. The molecule has 2 heterocycles. The second-order valence-electron chi connectivity index (χ2n) is 4.86. The fourth-order valence-electron chi connectivity index (χ4n) is 2.34. The number of nitrogens with zero attached hydrogens (tertiary/aromatic N) is 2. The Labute approximate surface area is 125 Å². The molecule has 5 nitrogen and oxygen atoms in total. The van der Waals surface area contributed by atoms with Crippen LogP contribution in [0, 0.1) is 6.92 Å². The van der Waals surface area contributed by atoms with Crippen molar-refractivity contribution in [2.45, 2.75) is 17.1 Å². The first kappa shape index (κ1) is 13.8. The monoisotopic (exact) mass is 302 g/mol. The van der Waals surface area contributed by atoms with Crippen molar-refractivity contribution >= 4 is 27.6 Å². The minimum absolute atomic E-state index is 0.669. The minimum Gasteiger partial charge on any atom is -0.496 e. The topological polar surface area (TPSA) is 76.8 Å². The summed E-state index contributed by atoms with van der Waals surface area (Å²) in [6.45, 7) is 2.03. The number of pyridine rings is 1. The molecule has 0 bridgehead atoms. The maximum atomic E-state index is 5.80. The third-order valence-corrected chi connectivity index (χ3v) is 5.41. The van der Waals surface area contributed by atoms with E-state index in [0.717, 1.165) is 38.2 Å². The molecular formula is C15H18N4OS. The van der Waals surface area contributed by atoms with Gasteiger partial charge < -0.3 is 15.5 Å². The summed E-state index contributed by atoms with van der Waals surface area (Å²) in [6, 6.07) is 7.58. The molecule has 3 rings (SSSR count). The molecule has 1 unspecified atom stereocenters. The number of nitrogens with one attached hydrogen (secondary N) is 1. The number of nitrogen functional groups attached to an aromatic ring is 1. The molecule has 0 saturated heterocycles. The van der Waals surface area contributed by atoms with E-state index in [-0.39, 0.29) is 0 Å². The van der Waals surface area contributed by atoms with Crippen LogP contribution < -0.4 is 10.5 Å². The van der Waals surface area contributed by atoms with Crippen LogP contribution in [-0.4, -0.2) is 28.3 Å². The number of rotatable bonds is 3. The lowest BCUT2D eigenvalue weighted by Gasteiger charge is -2.16. The third-order valence-electron chi connectivity index (χ3n) is 3.48. The predicted octanol–water partition coefficient (Wildman–Crippen LogP) is 2.91. The molecule has 2 aromatic heterocycles. The van der Waals surface area contributed by atoms with Crippen molar-refractivity contribution in [1.29, 1.82) is 0 Å². The van der Waals surface area contributed by atoms with Crippen molar-refractivity contribution in [3.8, 4) is 5.75 Å². The average Bonchev–Trinajstić information content (AvgIpc) is 2.89. The van der Waals surface area contributed by atoms with E-state index in [0.29, 0.717) is 0 Å². The molecule has 1 atom stereocenters. The maximum Gasteiger partial charge on any atom is 0.151 e. The normalized spacial score (nSPS) is 13.4. The van der Waals surface area contributed by atoms with E-state index in [4.69, 9.17) is 10.5 Å². The first-order chi connectivity index (χ1) is 10.1. The number of hydrogen-bond donors (Lipinski definition) is 3. The van der Waals surface area contributed by atoms with Crippen LogP contribution in [0.5, 0.6) is 5.75 Å². The van der Waals surface area contributed by atoms with E-state index in [1.165, 1.54) is 0 Å². The van der Waals surface area contributed by atoms with E-state index >= 15 is 0 Å². The van der Waals surface area contributed by atoms with Crippen molar-refractivity contribution in [2.75, 3.05) is 19.1 Å². The first-order valence-electron chi connectivity index (χ1n) is 6.58. The van der Waals surface area contributed by atoms with E-state index in [9.17, 15) is 0 Å². The fraction of sp³-hybridized carbons (Fsp3) is 0.200. The maximum absolute atomic E-state index is 5.80. The lowest BCUT2D eigenvalue weighted by molar-refractivity contribution is 0.409. The number of fused-ring (bicyclic) bond motifs is 1. The molecule has 0 aliphatic carbocycles. The van der Waals surface area contributed by atoms with Gasteiger partial charge in [0.15, 0.2) is 5.16 Å². The molecule has 3 N–H and O–H groups in total. The summed E-state index contributed by atoms with van der Waals surface area (Å²) in [5, 5.41) is 1.96. The highest BCUT2D eigenvalue weighted by atomic mass is 32.2. The molecule has 3 aromatic rings. The standard InChI is InChI=1S/C15H18N4OS/c1-9-13(20-2)6-7-17-14(9)21(3)15-18-11-5-4-10(16)8-12(11)19-15/h4-8,21H,16H2,1-3H3,(H,18,19). The highest BCUT2D eigenvalue weighted by Gasteiger charge is 2.15. The highest BCUT2D eigenvalue weighted by molar-refractivity contribution is 8.16. The van der Waals surface area contributed by atoms with Crippen molar-refractivity contribution in [1.82, 2.24) is 15.0 Å². The van der Waals surface area contributed by atoms with Gasteiger partial charge in [0, 0.05) is 17.4 Å². The fourth-order valence-corrected chi connectivity index (χ4v) is 3.94. The van der Waals surface area contributed by atoms with E-state index < -0.39 is 10.9 Å². The molecule has 1 aromatic carbocycles. The van der Waals surface area contributed by atoms with Gasteiger partial charge in [0.1, 0.15) is 5.75 Å². The van der Waals surface area contributed by atoms with Gasteiger partial charge >= 0.3 is 0 Å². The number of benzene rings is 1. The lowest BCUT2D eigenvalue weighted by Crippen LogP contribution is -1.96. The summed E-state index contributed by atoms with van der Waals surface area (Å²) in [7, 11) is 1.01.